The van der Waals surface area contributed by atoms with Crippen molar-refractivity contribution in [3.05, 3.63) is 0 Å². The molecule has 0 spiro atoms. The molecule has 2 rings (SSSR count). The minimum Gasteiger partial charge on any atom is -0.344 e. The van der Waals surface area contributed by atoms with E-state index in [1.54, 1.807) is 0 Å². The minimum absolute atomic E-state index is 0.0488. The molecule has 0 aromatic heterocycles. The molecular formula is C12H23O2P. The summed E-state index contributed by atoms with van der Waals surface area (Å²) in [5.74, 6) is -0.365. The molecule has 88 valence electrons. The number of fused-ring (bicyclic) bond motifs is 1. The Kier molecular flexibility index (Phi) is 2.90. The number of rotatable bonds is 1. The van der Waals surface area contributed by atoms with Gasteiger partial charge in [-0.25, -0.2) is 0 Å². The zero-order valence-corrected chi connectivity index (χ0v) is 11.5. The van der Waals surface area contributed by atoms with Gasteiger partial charge in [-0.3, -0.25) is 0 Å². The molecule has 0 aromatic carbocycles. The lowest BCUT2D eigenvalue weighted by atomic mass is 10.1. The van der Waals surface area contributed by atoms with Crippen LogP contribution in [0, 0.1) is 0 Å². The highest BCUT2D eigenvalue weighted by Gasteiger charge is 2.55. The second kappa shape index (κ2) is 3.68. The Morgan fingerprint density at radius 1 is 1.00 bits per heavy atom. The van der Waals surface area contributed by atoms with Crippen molar-refractivity contribution in [3.63, 3.8) is 0 Å². The molecule has 2 saturated heterocycles. The van der Waals surface area contributed by atoms with E-state index in [4.69, 9.17) is 9.47 Å². The molecule has 2 heterocycles. The first-order valence-corrected chi connectivity index (χ1v) is 7.51. The summed E-state index contributed by atoms with van der Waals surface area (Å²) in [5, 5.41) is 0. The van der Waals surface area contributed by atoms with E-state index in [0.29, 0.717) is 23.5 Å². The van der Waals surface area contributed by atoms with Crippen LogP contribution in [0.2, 0.25) is 0 Å². The van der Waals surface area contributed by atoms with Crippen molar-refractivity contribution in [2.75, 3.05) is 0 Å². The van der Waals surface area contributed by atoms with E-state index in [2.05, 4.69) is 27.7 Å². The average Bonchev–Trinajstić information content (AvgIpc) is 2.49. The highest BCUT2D eigenvalue weighted by atomic mass is 31.1. The van der Waals surface area contributed by atoms with Gasteiger partial charge in [0.25, 0.3) is 0 Å². The molecular weight excluding hydrogens is 207 g/mol. The molecule has 0 N–H and O–H groups in total. The molecule has 0 amide bonds. The Morgan fingerprint density at radius 2 is 1.40 bits per heavy atom. The summed E-state index contributed by atoms with van der Waals surface area (Å²) in [7, 11) is 0.0488. The van der Waals surface area contributed by atoms with Gasteiger partial charge in [0.05, 0.1) is 12.2 Å². The smallest absolute Gasteiger partial charge is 0.163 e. The molecule has 2 aliphatic heterocycles. The van der Waals surface area contributed by atoms with Gasteiger partial charge in [-0.2, -0.15) is 0 Å². The Balaban J connectivity index is 2.18. The SMILES string of the molecule is CC(C)P1C(C)C2OC(C)(C)OC2C1C. The van der Waals surface area contributed by atoms with E-state index >= 15 is 0 Å². The zero-order chi connectivity index (χ0) is 11.4. The maximum absolute atomic E-state index is 6.03. The third kappa shape index (κ3) is 1.85. The van der Waals surface area contributed by atoms with E-state index in [-0.39, 0.29) is 13.7 Å². The zero-order valence-electron chi connectivity index (χ0n) is 10.7. The second-order valence-electron chi connectivity index (χ2n) is 5.59. The van der Waals surface area contributed by atoms with Gasteiger partial charge in [0.1, 0.15) is 0 Å². The molecule has 0 radical (unpaired) electrons. The summed E-state index contributed by atoms with van der Waals surface area (Å²) >= 11 is 0. The van der Waals surface area contributed by atoms with Crippen LogP contribution in [-0.4, -0.2) is 35.0 Å². The van der Waals surface area contributed by atoms with Crippen molar-refractivity contribution in [2.45, 2.75) is 76.5 Å². The van der Waals surface area contributed by atoms with Crippen LogP contribution in [0.15, 0.2) is 0 Å². The Morgan fingerprint density at radius 3 is 1.73 bits per heavy atom. The topological polar surface area (TPSA) is 18.5 Å². The van der Waals surface area contributed by atoms with Gasteiger partial charge in [0.2, 0.25) is 0 Å². The molecule has 2 nitrogen and oxygen atoms in total. The summed E-state index contributed by atoms with van der Waals surface area (Å²) in [6.45, 7) is 13.4. The van der Waals surface area contributed by atoms with Gasteiger partial charge >= 0.3 is 0 Å². The van der Waals surface area contributed by atoms with Crippen LogP contribution in [0.25, 0.3) is 0 Å². The van der Waals surface area contributed by atoms with Gasteiger partial charge in [-0.15, -0.1) is 0 Å². The van der Waals surface area contributed by atoms with E-state index in [1.807, 2.05) is 13.8 Å². The minimum atomic E-state index is -0.365. The Labute approximate surface area is 94.5 Å². The van der Waals surface area contributed by atoms with E-state index in [9.17, 15) is 0 Å². The maximum atomic E-state index is 6.03. The quantitative estimate of drug-likeness (QED) is 0.644. The van der Waals surface area contributed by atoms with Crippen LogP contribution in [0.5, 0.6) is 0 Å². The highest BCUT2D eigenvalue weighted by molar-refractivity contribution is 7.60. The first kappa shape index (κ1) is 11.8. The Bertz CT molecular complexity index is 232. The van der Waals surface area contributed by atoms with Crippen molar-refractivity contribution in [1.29, 1.82) is 0 Å². The molecule has 4 atom stereocenters. The maximum Gasteiger partial charge on any atom is 0.163 e. The van der Waals surface area contributed by atoms with Gasteiger partial charge in [-0.1, -0.05) is 35.6 Å². The van der Waals surface area contributed by atoms with Gasteiger partial charge < -0.3 is 9.47 Å². The fraction of sp³-hybridized carbons (Fsp3) is 1.00. The normalized spacial score (nSPS) is 48.6. The molecule has 2 fully saturated rings. The molecule has 0 aromatic rings. The van der Waals surface area contributed by atoms with Gasteiger partial charge in [0.15, 0.2) is 5.79 Å². The monoisotopic (exact) mass is 230 g/mol. The van der Waals surface area contributed by atoms with Crippen molar-refractivity contribution in [1.82, 2.24) is 0 Å². The molecule has 3 heteroatoms. The van der Waals surface area contributed by atoms with E-state index < -0.39 is 0 Å². The van der Waals surface area contributed by atoms with Crippen LogP contribution in [-0.2, 0) is 9.47 Å². The van der Waals surface area contributed by atoms with Crippen LogP contribution in [0.4, 0.5) is 0 Å². The standard InChI is InChI=1S/C12H23O2P/c1-7(2)15-8(3)10-11(9(15)4)14-12(5,6)13-10/h7-11H,1-6H3. The first-order valence-electron chi connectivity index (χ1n) is 5.96. The molecule has 0 aliphatic carbocycles. The lowest BCUT2D eigenvalue weighted by molar-refractivity contribution is -0.147. The predicted octanol–water partition coefficient (Wildman–Crippen LogP) is 3.19. The van der Waals surface area contributed by atoms with Crippen molar-refractivity contribution in [2.24, 2.45) is 0 Å². The van der Waals surface area contributed by atoms with Crippen LogP contribution < -0.4 is 0 Å². The third-order valence-electron chi connectivity index (χ3n) is 3.65. The number of ether oxygens (including phenoxy) is 2. The van der Waals surface area contributed by atoms with Crippen LogP contribution in [0.1, 0.15) is 41.5 Å². The predicted molar refractivity (Wildman–Crippen MR) is 64.8 cm³/mol. The molecule has 0 bridgehead atoms. The number of hydrogen-bond acceptors (Lipinski definition) is 2. The van der Waals surface area contributed by atoms with Crippen molar-refractivity contribution < 1.29 is 9.47 Å². The van der Waals surface area contributed by atoms with Gasteiger partial charge in [-0.05, 0) is 19.5 Å². The fourth-order valence-electron chi connectivity index (χ4n) is 3.21. The molecule has 2 aliphatic rings. The van der Waals surface area contributed by atoms with Crippen molar-refractivity contribution in [3.8, 4) is 0 Å². The summed E-state index contributed by atoms with van der Waals surface area (Å²) in [4.78, 5) is 0. The van der Waals surface area contributed by atoms with Crippen LogP contribution in [0.3, 0.4) is 0 Å². The summed E-state index contributed by atoms with van der Waals surface area (Å²) in [5.41, 5.74) is 2.15. The Hall–Kier alpha value is 0.350. The first-order chi connectivity index (χ1) is 6.83. The van der Waals surface area contributed by atoms with E-state index in [0.717, 1.165) is 5.66 Å². The van der Waals surface area contributed by atoms with Gasteiger partial charge in [0, 0.05) is 11.3 Å². The average molecular weight is 230 g/mol. The fourth-order valence-corrected chi connectivity index (χ4v) is 6.98. The van der Waals surface area contributed by atoms with Crippen LogP contribution >= 0.6 is 7.92 Å². The molecule has 0 saturated carbocycles. The second-order valence-corrected chi connectivity index (χ2v) is 9.14. The number of hydrogen-bond donors (Lipinski definition) is 0. The van der Waals surface area contributed by atoms with Crippen molar-refractivity contribution >= 4 is 7.92 Å². The lowest BCUT2D eigenvalue weighted by Crippen LogP contribution is -2.27. The summed E-state index contributed by atoms with van der Waals surface area (Å²) in [6.07, 6.45) is 0.673. The molecule has 15 heavy (non-hydrogen) atoms. The molecule has 4 unspecified atom stereocenters. The third-order valence-corrected chi connectivity index (χ3v) is 7.31. The summed E-state index contributed by atoms with van der Waals surface area (Å²) in [6, 6.07) is 0. The van der Waals surface area contributed by atoms with E-state index in [1.165, 1.54) is 0 Å². The summed E-state index contributed by atoms with van der Waals surface area (Å²) < 4.78 is 12.1. The largest absolute Gasteiger partial charge is 0.344 e. The lowest BCUT2D eigenvalue weighted by Gasteiger charge is -2.30. The highest BCUT2D eigenvalue weighted by Crippen LogP contribution is 2.62.